The smallest absolute Gasteiger partial charge is 0.227 e. The van der Waals surface area contributed by atoms with Gasteiger partial charge in [-0.1, -0.05) is 0 Å². The number of hydrogen-bond acceptors (Lipinski definition) is 4. The molecule has 1 aromatic rings. The number of anilines is 1. The number of pyridine rings is 1. The van der Waals surface area contributed by atoms with Crippen molar-refractivity contribution in [3.05, 3.63) is 24.5 Å². The van der Waals surface area contributed by atoms with Crippen molar-refractivity contribution >= 4 is 11.6 Å². The third kappa shape index (κ3) is 3.51. The van der Waals surface area contributed by atoms with Crippen molar-refractivity contribution in [1.82, 2.24) is 9.88 Å². The lowest BCUT2D eigenvalue weighted by atomic mass is 9.96. The number of amides is 1. The van der Waals surface area contributed by atoms with Crippen LogP contribution in [0.25, 0.3) is 0 Å². The SMILES string of the molecule is NCCN1CCC(C(=O)Nc2ccncc2)CC1. The fourth-order valence-corrected chi connectivity index (χ4v) is 2.28. The fourth-order valence-electron chi connectivity index (χ4n) is 2.28. The molecule has 5 heteroatoms. The Morgan fingerprint density at radius 2 is 2.06 bits per heavy atom. The van der Waals surface area contributed by atoms with Crippen molar-refractivity contribution < 1.29 is 4.79 Å². The zero-order chi connectivity index (χ0) is 12.8. The van der Waals surface area contributed by atoms with Gasteiger partial charge in [0.2, 0.25) is 5.91 Å². The van der Waals surface area contributed by atoms with Crippen molar-refractivity contribution in [3.63, 3.8) is 0 Å². The number of nitrogens with two attached hydrogens (primary N) is 1. The van der Waals surface area contributed by atoms with Gasteiger partial charge >= 0.3 is 0 Å². The minimum absolute atomic E-state index is 0.118. The third-order valence-corrected chi connectivity index (χ3v) is 3.35. The number of hydrogen-bond donors (Lipinski definition) is 2. The second kappa shape index (κ2) is 6.47. The fraction of sp³-hybridized carbons (Fsp3) is 0.538. The summed E-state index contributed by atoms with van der Waals surface area (Å²) in [5, 5.41) is 2.94. The maximum Gasteiger partial charge on any atom is 0.227 e. The van der Waals surface area contributed by atoms with Crippen molar-refractivity contribution in [2.45, 2.75) is 12.8 Å². The molecular weight excluding hydrogens is 228 g/mol. The van der Waals surface area contributed by atoms with Crippen molar-refractivity contribution in [2.75, 3.05) is 31.5 Å². The largest absolute Gasteiger partial charge is 0.329 e. The number of rotatable bonds is 4. The Balaban J connectivity index is 1.81. The first-order valence-electron chi connectivity index (χ1n) is 6.43. The second-order valence-corrected chi connectivity index (χ2v) is 4.63. The Morgan fingerprint density at radius 3 is 2.67 bits per heavy atom. The van der Waals surface area contributed by atoms with Gasteiger partial charge in [-0.05, 0) is 38.1 Å². The van der Waals surface area contributed by atoms with Gasteiger partial charge in [0.25, 0.3) is 0 Å². The quantitative estimate of drug-likeness (QED) is 0.822. The molecule has 0 bridgehead atoms. The lowest BCUT2D eigenvalue weighted by Gasteiger charge is -2.30. The molecule has 1 saturated heterocycles. The van der Waals surface area contributed by atoms with Crippen LogP contribution in [0.5, 0.6) is 0 Å². The van der Waals surface area contributed by atoms with Gasteiger partial charge in [-0.25, -0.2) is 0 Å². The van der Waals surface area contributed by atoms with Crippen LogP contribution in [-0.4, -0.2) is 42.0 Å². The van der Waals surface area contributed by atoms with Gasteiger partial charge in [0.15, 0.2) is 0 Å². The Labute approximate surface area is 107 Å². The molecule has 1 aliphatic rings. The Morgan fingerprint density at radius 1 is 1.39 bits per heavy atom. The minimum atomic E-state index is 0.118. The lowest BCUT2D eigenvalue weighted by Crippen LogP contribution is -2.40. The maximum atomic E-state index is 12.1. The van der Waals surface area contributed by atoms with E-state index in [4.69, 9.17) is 5.73 Å². The first kappa shape index (κ1) is 13.0. The van der Waals surface area contributed by atoms with E-state index in [2.05, 4.69) is 15.2 Å². The molecule has 1 amide bonds. The Bertz CT molecular complexity index is 374. The summed E-state index contributed by atoms with van der Waals surface area (Å²) >= 11 is 0. The topological polar surface area (TPSA) is 71.2 Å². The van der Waals surface area contributed by atoms with Gasteiger partial charge in [0.1, 0.15) is 0 Å². The molecule has 0 saturated carbocycles. The highest BCUT2D eigenvalue weighted by Crippen LogP contribution is 2.18. The number of nitrogens with zero attached hydrogens (tertiary/aromatic N) is 2. The van der Waals surface area contributed by atoms with Crippen LogP contribution in [0.1, 0.15) is 12.8 Å². The van der Waals surface area contributed by atoms with E-state index in [1.807, 2.05) is 0 Å². The first-order chi connectivity index (χ1) is 8.79. The summed E-state index contributed by atoms with van der Waals surface area (Å²) in [6.45, 7) is 3.55. The van der Waals surface area contributed by atoms with Gasteiger partial charge in [-0.2, -0.15) is 0 Å². The normalized spacial score (nSPS) is 17.6. The van der Waals surface area contributed by atoms with Gasteiger partial charge in [-0.15, -0.1) is 0 Å². The number of carbonyl (C=O) groups excluding carboxylic acids is 1. The molecule has 0 aliphatic carbocycles. The van der Waals surface area contributed by atoms with Crippen LogP contribution in [-0.2, 0) is 4.79 Å². The number of piperidine rings is 1. The van der Waals surface area contributed by atoms with Crippen LogP contribution in [0.2, 0.25) is 0 Å². The summed E-state index contributed by atoms with van der Waals surface area (Å²) < 4.78 is 0. The first-order valence-corrected chi connectivity index (χ1v) is 6.43. The Kier molecular flexibility index (Phi) is 4.66. The highest BCUT2D eigenvalue weighted by molar-refractivity contribution is 5.92. The van der Waals surface area contributed by atoms with E-state index in [0.29, 0.717) is 6.54 Å². The highest BCUT2D eigenvalue weighted by Gasteiger charge is 2.24. The van der Waals surface area contributed by atoms with E-state index >= 15 is 0 Å². The van der Waals surface area contributed by atoms with Crippen molar-refractivity contribution in [3.8, 4) is 0 Å². The highest BCUT2D eigenvalue weighted by atomic mass is 16.1. The molecule has 0 unspecified atom stereocenters. The molecule has 0 spiro atoms. The molecule has 1 aliphatic heterocycles. The molecule has 0 aromatic carbocycles. The number of aromatic nitrogens is 1. The predicted molar refractivity (Wildman–Crippen MR) is 71.1 cm³/mol. The van der Waals surface area contributed by atoms with E-state index in [9.17, 15) is 4.79 Å². The van der Waals surface area contributed by atoms with Crippen LogP contribution in [0.4, 0.5) is 5.69 Å². The number of nitrogens with one attached hydrogen (secondary N) is 1. The lowest BCUT2D eigenvalue weighted by molar-refractivity contribution is -0.121. The molecule has 3 N–H and O–H groups in total. The average Bonchev–Trinajstić information content (AvgIpc) is 2.41. The Hall–Kier alpha value is -1.46. The molecule has 2 rings (SSSR count). The van der Waals surface area contributed by atoms with Crippen LogP contribution < -0.4 is 11.1 Å². The predicted octanol–water partition coefficient (Wildman–Crippen LogP) is 0.691. The van der Waals surface area contributed by atoms with Crippen LogP contribution >= 0.6 is 0 Å². The molecular formula is C13H20N4O. The van der Waals surface area contributed by atoms with E-state index in [0.717, 1.165) is 38.2 Å². The number of likely N-dealkylation sites (tertiary alicyclic amines) is 1. The summed E-state index contributed by atoms with van der Waals surface area (Å²) in [4.78, 5) is 18.3. The number of carbonyl (C=O) groups is 1. The third-order valence-electron chi connectivity index (χ3n) is 3.35. The molecule has 18 heavy (non-hydrogen) atoms. The van der Waals surface area contributed by atoms with Crippen LogP contribution in [0, 0.1) is 5.92 Å². The van der Waals surface area contributed by atoms with E-state index < -0.39 is 0 Å². The van der Waals surface area contributed by atoms with Gasteiger partial charge < -0.3 is 16.0 Å². The van der Waals surface area contributed by atoms with Gasteiger partial charge in [0.05, 0.1) is 0 Å². The summed E-state index contributed by atoms with van der Waals surface area (Å²) in [7, 11) is 0. The molecule has 98 valence electrons. The van der Waals surface area contributed by atoms with Crippen molar-refractivity contribution in [2.24, 2.45) is 11.7 Å². The van der Waals surface area contributed by atoms with Crippen LogP contribution in [0.15, 0.2) is 24.5 Å². The van der Waals surface area contributed by atoms with E-state index in [1.54, 1.807) is 24.5 Å². The standard InChI is InChI=1S/C13H20N4O/c14-5-10-17-8-3-11(4-9-17)13(18)16-12-1-6-15-7-2-12/h1-2,6-7,11H,3-5,8-10,14H2,(H,15,16,18). The zero-order valence-electron chi connectivity index (χ0n) is 10.5. The van der Waals surface area contributed by atoms with E-state index in [1.165, 1.54) is 0 Å². The van der Waals surface area contributed by atoms with Gasteiger partial charge in [0, 0.05) is 37.1 Å². The minimum Gasteiger partial charge on any atom is -0.329 e. The molecule has 2 heterocycles. The van der Waals surface area contributed by atoms with Crippen molar-refractivity contribution in [1.29, 1.82) is 0 Å². The van der Waals surface area contributed by atoms with Crippen LogP contribution in [0.3, 0.4) is 0 Å². The monoisotopic (exact) mass is 248 g/mol. The summed E-state index contributed by atoms with van der Waals surface area (Å²) in [6.07, 6.45) is 5.19. The zero-order valence-corrected chi connectivity index (χ0v) is 10.5. The molecule has 0 atom stereocenters. The molecule has 0 radical (unpaired) electrons. The van der Waals surface area contributed by atoms with Gasteiger partial charge in [-0.3, -0.25) is 9.78 Å². The average molecular weight is 248 g/mol. The molecule has 1 aromatic heterocycles. The second-order valence-electron chi connectivity index (χ2n) is 4.63. The maximum absolute atomic E-state index is 12.1. The summed E-state index contributed by atoms with van der Waals surface area (Å²) in [6, 6.07) is 3.61. The molecule has 1 fully saturated rings. The van der Waals surface area contributed by atoms with E-state index in [-0.39, 0.29) is 11.8 Å². The summed E-state index contributed by atoms with van der Waals surface area (Å²) in [5.74, 6) is 0.237. The summed E-state index contributed by atoms with van der Waals surface area (Å²) in [5.41, 5.74) is 6.35. The molecule has 5 nitrogen and oxygen atoms in total.